The van der Waals surface area contributed by atoms with E-state index in [4.69, 9.17) is 9.47 Å². The fourth-order valence-electron chi connectivity index (χ4n) is 3.73. The molecule has 0 spiro atoms. The summed E-state index contributed by atoms with van der Waals surface area (Å²) in [4.78, 5) is 33.4. The van der Waals surface area contributed by atoms with Gasteiger partial charge in [-0.05, 0) is 43.9 Å². The van der Waals surface area contributed by atoms with E-state index >= 15 is 0 Å². The van der Waals surface area contributed by atoms with Crippen molar-refractivity contribution in [2.24, 2.45) is 15.9 Å². The number of methoxy groups -OCH3 is 2. The van der Waals surface area contributed by atoms with Crippen LogP contribution in [0.1, 0.15) is 30.5 Å². The van der Waals surface area contributed by atoms with Gasteiger partial charge in [-0.25, -0.2) is 9.79 Å². The standard InChI is InChI=1S/C21H24N6O4/c1-12-9-18(27(26-12)20-23-15-6-4-5-14(15)19(28)25-20)24-21(29)22-11-13-7-8-16(30-2)17(10-13)31-3/h7-10,14H,4-6,11H2,1-3H3,(H2,22,24,29). The first-order valence-corrected chi connectivity index (χ1v) is 10.0. The molecule has 0 bridgehead atoms. The minimum Gasteiger partial charge on any atom is -0.493 e. The molecule has 2 N–H and O–H groups in total. The molecule has 10 heteroatoms. The third-order valence-corrected chi connectivity index (χ3v) is 5.24. The molecule has 1 aliphatic heterocycles. The zero-order valence-corrected chi connectivity index (χ0v) is 17.6. The van der Waals surface area contributed by atoms with Crippen molar-refractivity contribution in [3.63, 3.8) is 0 Å². The van der Waals surface area contributed by atoms with Gasteiger partial charge in [-0.1, -0.05) is 6.07 Å². The molecule has 162 valence electrons. The van der Waals surface area contributed by atoms with Crippen molar-refractivity contribution >= 4 is 29.4 Å². The van der Waals surface area contributed by atoms with E-state index in [9.17, 15) is 9.59 Å². The van der Waals surface area contributed by atoms with Crippen molar-refractivity contribution in [2.75, 3.05) is 19.5 Å². The Morgan fingerprint density at radius 1 is 1.19 bits per heavy atom. The highest BCUT2D eigenvalue weighted by Crippen LogP contribution is 2.28. The zero-order chi connectivity index (χ0) is 22.0. The van der Waals surface area contributed by atoms with Gasteiger partial charge in [-0.15, -0.1) is 0 Å². The molecule has 1 aromatic heterocycles. The van der Waals surface area contributed by atoms with E-state index in [0.717, 1.165) is 30.5 Å². The number of anilines is 1. The number of nitrogens with zero attached hydrogens (tertiary/aromatic N) is 4. The summed E-state index contributed by atoms with van der Waals surface area (Å²) in [5, 5.41) is 9.90. The molecule has 1 unspecified atom stereocenters. The lowest BCUT2D eigenvalue weighted by molar-refractivity contribution is -0.119. The van der Waals surface area contributed by atoms with Crippen LogP contribution in [0.2, 0.25) is 0 Å². The number of benzene rings is 1. The molecular formula is C21H24N6O4. The van der Waals surface area contributed by atoms with E-state index in [-0.39, 0.29) is 24.3 Å². The van der Waals surface area contributed by atoms with Crippen molar-refractivity contribution < 1.29 is 19.1 Å². The molecule has 1 aliphatic carbocycles. The SMILES string of the molecule is COc1ccc(CNC(=O)Nc2cc(C)nn2C2=NC(=O)C3CCCC3=N2)cc1OC. The Labute approximate surface area is 179 Å². The third kappa shape index (κ3) is 4.27. The number of aromatic nitrogens is 2. The van der Waals surface area contributed by atoms with Crippen LogP contribution in [0.15, 0.2) is 34.3 Å². The number of ether oxygens (including phenoxy) is 2. The molecule has 31 heavy (non-hydrogen) atoms. The van der Waals surface area contributed by atoms with Crippen LogP contribution in [-0.4, -0.2) is 47.6 Å². The number of hydrogen-bond acceptors (Lipinski definition) is 6. The van der Waals surface area contributed by atoms with Crippen LogP contribution in [0.3, 0.4) is 0 Å². The fraction of sp³-hybridized carbons (Fsp3) is 0.381. The first-order valence-electron chi connectivity index (χ1n) is 10.0. The summed E-state index contributed by atoms with van der Waals surface area (Å²) in [6.07, 6.45) is 2.50. The van der Waals surface area contributed by atoms with Gasteiger partial charge in [0.05, 0.1) is 25.8 Å². The highest BCUT2D eigenvalue weighted by atomic mass is 16.5. The van der Waals surface area contributed by atoms with E-state index < -0.39 is 6.03 Å². The maximum absolute atomic E-state index is 12.5. The summed E-state index contributed by atoms with van der Waals surface area (Å²) in [7, 11) is 3.12. The molecular weight excluding hydrogens is 400 g/mol. The number of urea groups is 1. The largest absolute Gasteiger partial charge is 0.493 e. The second-order valence-corrected chi connectivity index (χ2v) is 7.38. The molecule has 1 saturated carbocycles. The fourth-order valence-corrected chi connectivity index (χ4v) is 3.73. The molecule has 0 saturated heterocycles. The summed E-state index contributed by atoms with van der Waals surface area (Å²) in [6, 6.07) is 6.69. The summed E-state index contributed by atoms with van der Waals surface area (Å²) >= 11 is 0. The molecule has 0 radical (unpaired) electrons. The predicted molar refractivity (Wildman–Crippen MR) is 115 cm³/mol. The van der Waals surface area contributed by atoms with Crippen LogP contribution < -0.4 is 20.1 Å². The highest BCUT2D eigenvalue weighted by molar-refractivity contribution is 6.17. The molecule has 2 aliphatic rings. The van der Waals surface area contributed by atoms with Gasteiger partial charge in [0.15, 0.2) is 11.5 Å². The number of carbonyl (C=O) groups is 2. The molecule has 2 aromatic rings. The predicted octanol–water partition coefficient (Wildman–Crippen LogP) is 2.52. The van der Waals surface area contributed by atoms with E-state index in [2.05, 4.69) is 25.7 Å². The summed E-state index contributed by atoms with van der Waals surface area (Å²) in [5.41, 5.74) is 2.35. The average Bonchev–Trinajstić information content (AvgIpc) is 3.38. The molecule has 4 rings (SSSR count). The minimum absolute atomic E-state index is 0.182. The van der Waals surface area contributed by atoms with Gasteiger partial charge >= 0.3 is 6.03 Å². The topological polar surface area (TPSA) is 119 Å². The number of aliphatic imine (C=N–C) groups is 2. The Morgan fingerprint density at radius 2 is 2.00 bits per heavy atom. The highest BCUT2D eigenvalue weighted by Gasteiger charge is 2.33. The number of nitrogens with one attached hydrogen (secondary N) is 2. The molecule has 3 amide bonds. The van der Waals surface area contributed by atoms with Crippen molar-refractivity contribution in [1.29, 1.82) is 0 Å². The Morgan fingerprint density at radius 3 is 2.77 bits per heavy atom. The number of carbonyl (C=O) groups excluding carboxylic acids is 2. The maximum atomic E-state index is 12.5. The minimum atomic E-state index is -0.426. The lowest BCUT2D eigenvalue weighted by Crippen LogP contribution is -2.32. The van der Waals surface area contributed by atoms with Crippen LogP contribution in [0.5, 0.6) is 11.5 Å². The number of fused-ring (bicyclic) bond motifs is 1. The Hall–Kier alpha value is -3.69. The average molecular weight is 424 g/mol. The lowest BCUT2D eigenvalue weighted by Gasteiger charge is -2.15. The summed E-state index contributed by atoms with van der Waals surface area (Å²) < 4.78 is 11.9. The van der Waals surface area contributed by atoms with E-state index in [1.807, 2.05) is 6.07 Å². The van der Waals surface area contributed by atoms with Gasteiger partial charge in [-0.2, -0.15) is 14.8 Å². The summed E-state index contributed by atoms with van der Waals surface area (Å²) in [5.74, 6) is 1.36. The zero-order valence-electron chi connectivity index (χ0n) is 17.6. The maximum Gasteiger partial charge on any atom is 0.320 e. The van der Waals surface area contributed by atoms with Crippen LogP contribution in [0.25, 0.3) is 0 Å². The van der Waals surface area contributed by atoms with Crippen LogP contribution in [0.4, 0.5) is 10.6 Å². The van der Waals surface area contributed by atoms with E-state index in [1.54, 1.807) is 39.3 Å². The van der Waals surface area contributed by atoms with Gasteiger partial charge in [-0.3, -0.25) is 10.1 Å². The van der Waals surface area contributed by atoms with Gasteiger partial charge < -0.3 is 14.8 Å². The second-order valence-electron chi connectivity index (χ2n) is 7.38. The first-order chi connectivity index (χ1) is 15.0. The third-order valence-electron chi connectivity index (χ3n) is 5.24. The molecule has 10 nitrogen and oxygen atoms in total. The molecule has 1 fully saturated rings. The van der Waals surface area contributed by atoms with Gasteiger partial charge in [0.1, 0.15) is 5.82 Å². The van der Waals surface area contributed by atoms with E-state index in [0.29, 0.717) is 23.0 Å². The Balaban J connectivity index is 1.46. The van der Waals surface area contributed by atoms with E-state index in [1.165, 1.54) is 4.68 Å². The number of hydrogen-bond donors (Lipinski definition) is 2. The number of amides is 3. The Kier molecular flexibility index (Phi) is 5.70. The number of rotatable bonds is 5. The van der Waals surface area contributed by atoms with Crippen molar-refractivity contribution in [3.8, 4) is 11.5 Å². The van der Waals surface area contributed by atoms with Crippen molar-refractivity contribution in [3.05, 3.63) is 35.5 Å². The smallest absolute Gasteiger partial charge is 0.320 e. The number of aryl methyl sites for hydroxylation is 1. The normalized spacial score (nSPS) is 17.5. The lowest BCUT2D eigenvalue weighted by atomic mass is 10.1. The van der Waals surface area contributed by atoms with Gasteiger partial charge in [0.25, 0.3) is 11.9 Å². The van der Waals surface area contributed by atoms with Crippen LogP contribution >= 0.6 is 0 Å². The second kappa shape index (κ2) is 8.58. The Bertz CT molecular complexity index is 1090. The summed E-state index contributed by atoms with van der Waals surface area (Å²) in [6.45, 7) is 2.07. The van der Waals surface area contributed by atoms with Crippen LogP contribution in [0, 0.1) is 12.8 Å². The molecule has 1 atom stereocenters. The van der Waals surface area contributed by atoms with Crippen LogP contribution in [-0.2, 0) is 11.3 Å². The molecule has 1 aromatic carbocycles. The van der Waals surface area contributed by atoms with Crippen molar-refractivity contribution in [2.45, 2.75) is 32.7 Å². The molecule has 2 heterocycles. The van der Waals surface area contributed by atoms with Gasteiger partial charge in [0, 0.05) is 18.3 Å². The monoisotopic (exact) mass is 424 g/mol. The van der Waals surface area contributed by atoms with Crippen molar-refractivity contribution in [1.82, 2.24) is 15.1 Å². The van der Waals surface area contributed by atoms with Gasteiger partial charge in [0.2, 0.25) is 0 Å². The first kappa shape index (κ1) is 20.6. The quantitative estimate of drug-likeness (QED) is 0.764.